The van der Waals surface area contributed by atoms with Gasteiger partial charge in [0, 0.05) is 18.9 Å². The first-order valence-electron chi connectivity index (χ1n) is 6.17. The Bertz CT molecular complexity index is 569. The van der Waals surface area contributed by atoms with Gasteiger partial charge in [-0.2, -0.15) is 4.98 Å². The SMILES string of the molecule is CNc1ncc(Br)c(Nc2cccc(C(C)C)c2)n1. The maximum Gasteiger partial charge on any atom is 0.224 e. The number of aromatic nitrogens is 2. The van der Waals surface area contributed by atoms with Crippen molar-refractivity contribution in [1.29, 1.82) is 0 Å². The summed E-state index contributed by atoms with van der Waals surface area (Å²) in [5, 5.41) is 6.23. The largest absolute Gasteiger partial charge is 0.357 e. The fourth-order valence-corrected chi connectivity index (χ4v) is 1.98. The molecule has 19 heavy (non-hydrogen) atoms. The van der Waals surface area contributed by atoms with Gasteiger partial charge in [-0.15, -0.1) is 0 Å². The Morgan fingerprint density at radius 2 is 2.05 bits per heavy atom. The topological polar surface area (TPSA) is 49.8 Å². The van der Waals surface area contributed by atoms with Crippen LogP contribution in [-0.4, -0.2) is 17.0 Å². The van der Waals surface area contributed by atoms with Crippen molar-refractivity contribution in [3.8, 4) is 0 Å². The Hall–Kier alpha value is -1.62. The Morgan fingerprint density at radius 1 is 1.26 bits per heavy atom. The van der Waals surface area contributed by atoms with Crippen molar-refractivity contribution in [1.82, 2.24) is 9.97 Å². The maximum atomic E-state index is 4.38. The number of anilines is 3. The summed E-state index contributed by atoms with van der Waals surface area (Å²) in [6.07, 6.45) is 1.73. The van der Waals surface area contributed by atoms with Gasteiger partial charge in [-0.25, -0.2) is 4.98 Å². The number of benzene rings is 1. The van der Waals surface area contributed by atoms with E-state index in [0.717, 1.165) is 16.0 Å². The normalized spacial score (nSPS) is 10.6. The zero-order chi connectivity index (χ0) is 13.8. The van der Waals surface area contributed by atoms with Crippen LogP contribution in [0.2, 0.25) is 0 Å². The molecule has 1 heterocycles. The van der Waals surface area contributed by atoms with E-state index in [1.807, 2.05) is 12.1 Å². The molecule has 1 aromatic carbocycles. The van der Waals surface area contributed by atoms with Crippen molar-refractivity contribution in [2.75, 3.05) is 17.7 Å². The number of nitrogens with zero attached hydrogens (tertiary/aromatic N) is 2. The van der Waals surface area contributed by atoms with Crippen LogP contribution in [0.3, 0.4) is 0 Å². The van der Waals surface area contributed by atoms with Crippen molar-refractivity contribution in [2.45, 2.75) is 19.8 Å². The Morgan fingerprint density at radius 3 is 2.74 bits per heavy atom. The van der Waals surface area contributed by atoms with Crippen molar-refractivity contribution in [2.24, 2.45) is 0 Å². The van der Waals surface area contributed by atoms with Crippen LogP contribution in [0.25, 0.3) is 0 Å². The second kappa shape index (κ2) is 6.02. The predicted molar refractivity (Wildman–Crippen MR) is 83.1 cm³/mol. The molecule has 2 N–H and O–H groups in total. The third-order valence-corrected chi connectivity index (χ3v) is 3.36. The second-order valence-corrected chi connectivity index (χ2v) is 5.40. The minimum atomic E-state index is 0.503. The third kappa shape index (κ3) is 3.44. The highest BCUT2D eigenvalue weighted by atomic mass is 79.9. The predicted octanol–water partition coefficient (Wildman–Crippen LogP) is 4.15. The van der Waals surface area contributed by atoms with Crippen molar-refractivity contribution in [3.63, 3.8) is 0 Å². The average molecular weight is 321 g/mol. The summed E-state index contributed by atoms with van der Waals surface area (Å²) in [5.74, 6) is 1.84. The third-order valence-electron chi connectivity index (χ3n) is 2.78. The van der Waals surface area contributed by atoms with E-state index in [4.69, 9.17) is 0 Å². The summed E-state index contributed by atoms with van der Waals surface area (Å²) in [7, 11) is 1.80. The first kappa shape index (κ1) is 13.8. The lowest BCUT2D eigenvalue weighted by Crippen LogP contribution is -2.01. The van der Waals surface area contributed by atoms with Crippen LogP contribution in [0.1, 0.15) is 25.3 Å². The fraction of sp³-hybridized carbons (Fsp3) is 0.286. The van der Waals surface area contributed by atoms with Gasteiger partial charge in [-0.05, 0) is 39.5 Å². The van der Waals surface area contributed by atoms with Crippen LogP contribution < -0.4 is 10.6 Å². The van der Waals surface area contributed by atoms with E-state index in [0.29, 0.717) is 11.9 Å². The molecular formula is C14H17BrN4. The quantitative estimate of drug-likeness (QED) is 0.888. The van der Waals surface area contributed by atoms with Crippen molar-refractivity contribution < 1.29 is 0 Å². The van der Waals surface area contributed by atoms with Gasteiger partial charge in [0.15, 0.2) is 0 Å². The first-order chi connectivity index (χ1) is 9.10. The molecule has 0 saturated heterocycles. The van der Waals surface area contributed by atoms with Gasteiger partial charge in [0.2, 0.25) is 5.95 Å². The molecule has 1 aromatic heterocycles. The van der Waals surface area contributed by atoms with Gasteiger partial charge in [0.1, 0.15) is 5.82 Å². The van der Waals surface area contributed by atoms with E-state index in [1.165, 1.54) is 5.56 Å². The Labute approximate surface area is 121 Å². The smallest absolute Gasteiger partial charge is 0.224 e. The fourth-order valence-electron chi connectivity index (χ4n) is 1.69. The molecule has 0 aliphatic heterocycles. The number of halogens is 1. The second-order valence-electron chi connectivity index (χ2n) is 4.55. The summed E-state index contributed by atoms with van der Waals surface area (Å²) in [4.78, 5) is 8.52. The molecule has 100 valence electrons. The molecule has 5 heteroatoms. The molecule has 4 nitrogen and oxygen atoms in total. The average Bonchev–Trinajstić information content (AvgIpc) is 2.41. The summed E-state index contributed by atoms with van der Waals surface area (Å²) in [6, 6.07) is 8.34. The molecule has 0 unspecified atom stereocenters. The lowest BCUT2D eigenvalue weighted by molar-refractivity contribution is 0.867. The zero-order valence-electron chi connectivity index (χ0n) is 11.2. The first-order valence-corrected chi connectivity index (χ1v) is 6.96. The van der Waals surface area contributed by atoms with E-state index in [9.17, 15) is 0 Å². The lowest BCUT2D eigenvalue weighted by atomic mass is 10.0. The maximum absolute atomic E-state index is 4.38. The van der Waals surface area contributed by atoms with E-state index in [-0.39, 0.29) is 0 Å². The minimum Gasteiger partial charge on any atom is -0.357 e. The van der Waals surface area contributed by atoms with Crippen LogP contribution in [0.15, 0.2) is 34.9 Å². The van der Waals surface area contributed by atoms with Gasteiger partial charge in [-0.3, -0.25) is 0 Å². The molecule has 0 aliphatic rings. The summed E-state index contributed by atoms with van der Waals surface area (Å²) < 4.78 is 0.835. The van der Waals surface area contributed by atoms with Gasteiger partial charge in [-0.1, -0.05) is 26.0 Å². The molecule has 0 amide bonds. The lowest BCUT2D eigenvalue weighted by Gasteiger charge is -2.11. The van der Waals surface area contributed by atoms with Crippen LogP contribution in [0.5, 0.6) is 0 Å². The van der Waals surface area contributed by atoms with Gasteiger partial charge >= 0.3 is 0 Å². The molecule has 0 saturated carbocycles. The van der Waals surface area contributed by atoms with Gasteiger partial charge in [0.05, 0.1) is 4.47 Å². The highest BCUT2D eigenvalue weighted by molar-refractivity contribution is 9.10. The van der Waals surface area contributed by atoms with E-state index in [2.05, 4.69) is 62.5 Å². The van der Waals surface area contributed by atoms with Crippen molar-refractivity contribution in [3.05, 3.63) is 40.5 Å². The van der Waals surface area contributed by atoms with Crippen LogP contribution in [0.4, 0.5) is 17.5 Å². The number of hydrogen-bond acceptors (Lipinski definition) is 4. The molecule has 0 atom stereocenters. The van der Waals surface area contributed by atoms with E-state index >= 15 is 0 Å². The minimum absolute atomic E-state index is 0.503. The molecule has 0 radical (unpaired) electrons. The molecule has 0 bridgehead atoms. The van der Waals surface area contributed by atoms with Gasteiger partial charge < -0.3 is 10.6 Å². The van der Waals surface area contributed by atoms with Crippen molar-refractivity contribution >= 4 is 33.4 Å². The molecule has 2 aromatic rings. The number of hydrogen-bond donors (Lipinski definition) is 2. The summed E-state index contributed by atoms with van der Waals surface area (Å²) in [5.41, 5.74) is 2.32. The molecule has 2 rings (SSSR count). The Kier molecular flexibility index (Phi) is 4.37. The molecule has 0 aliphatic carbocycles. The number of nitrogens with one attached hydrogen (secondary N) is 2. The zero-order valence-corrected chi connectivity index (χ0v) is 12.8. The molecular weight excluding hydrogens is 304 g/mol. The summed E-state index contributed by atoms with van der Waals surface area (Å²) >= 11 is 3.45. The van der Waals surface area contributed by atoms with E-state index in [1.54, 1.807) is 13.2 Å². The highest BCUT2D eigenvalue weighted by Gasteiger charge is 2.06. The Balaban J connectivity index is 2.28. The van der Waals surface area contributed by atoms with Crippen LogP contribution in [0, 0.1) is 0 Å². The molecule has 0 spiro atoms. The van der Waals surface area contributed by atoms with E-state index < -0.39 is 0 Å². The molecule has 0 fully saturated rings. The van der Waals surface area contributed by atoms with Crippen LogP contribution in [-0.2, 0) is 0 Å². The standard InChI is InChI=1S/C14H17BrN4/c1-9(2)10-5-4-6-11(7-10)18-13-12(15)8-17-14(16-3)19-13/h4-9H,1-3H3,(H2,16,17,18,19). The monoisotopic (exact) mass is 320 g/mol. The van der Waals surface area contributed by atoms with Gasteiger partial charge in [0.25, 0.3) is 0 Å². The highest BCUT2D eigenvalue weighted by Crippen LogP contribution is 2.26. The summed E-state index contributed by atoms with van der Waals surface area (Å²) in [6.45, 7) is 4.36. The number of rotatable bonds is 4. The van der Waals surface area contributed by atoms with Crippen LogP contribution >= 0.6 is 15.9 Å².